The van der Waals surface area contributed by atoms with Crippen molar-refractivity contribution in [3.8, 4) is 0 Å². The van der Waals surface area contributed by atoms with Crippen LogP contribution in [0.25, 0.3) is 0 Å². The van der Waals surface area contributed by atoms with Crippen molar-refractivity contribution in [2.75, 3.05) is 7.05 Å². The van der Waals surface area contributed by atoms with Crippen LogP contribution in [0, 0.1) is 0 Å². The molecule has 0 radical (unpaired) electrons. The molecule has 1 N–H and O–H groups in total. The lowest BCUT2D eigenvalue weighted by Gasteiger charge is -2.17. The lowest BCUT2D eigenvalue weighted by Crippen LogP contribution is -2.34. The first-order valence-corrected chi connectivity index (χ1v) is 6.63. The van der Waals surface area contributed by atoms with Gasteiger partial charge in [0, 0.05) is 5.57 Å². The number of rotatable bonds is 7. The predicted molar refractivity (Wildman–Crippen MR) is 81.0 cm³/mol. The van der Waals surface area contributed by atoms with Crippen LogP contribution in [0.2, 0.25) is 0 Å². The summed E-state index contributed by atoms with van der Waals surface area (Å²) >= 11 is 0. The number of nitrogens with zero attached hydrogens (tertiary/aromatic N) is 1. The fourth-order valence-electron chi connectivity index (χ4n) is 2.28. The normalized spacial score (nSPS) is 20.1. The molecule has 0 aromatic heterocycles. The van der Waals surface area contributed by atoms with Crippen LogP contribution >= 0.6 is 0 Å². The van der Waals surface area contributed by atoms with Crippen LogP contribution in [0.15, 0.2) is 53.2 Å². The Labute approximate surface area is 111 Å². The van der Waals surface area contributed by atoms with Gasteiger partial charge in [0.1, 0.15) is 0 Å². The summed E-state index contributed by atoms with van der Waals surface area (Å²) in [5, 5.41) is 3.32. The maximum absolute atomic E-state index is 4.71. The molecule has 0 aromatic carbocycles. The lowest BCUT2D eigenvalue weighted by molar-refractivity contribution is 0.777. The molecule has 0 bridgehead atoms. The molecular formula is C16H24N2. The first-order valence-electron chi connectivity index (χ1n) is 6.63. The molecule has 1 heterocycles. The Morgan fingerprint density at radius 3 is 2.56 bits per heavy atom. The van der Waals surface area contributed by atoms with E-state index in [2.05, 4.69) is 38.4 Å². The largest absolute Gasteiger partial charge is 0.308 e. The van der Waals surface area contributed by atoms with E-state index in [1.807, 2.05) is 13.1 Å². The maximum atomic E-state index is 4.71. The van der Waals surface area contributed by atoms with Crippen molar-refractivity contribution in [1.29, 1.82) is 0 Å². The van der Waals surface area contributed by atoms with Gasteiger partial charge < -0.3 is 5.32 Å². The molecule has 0 amide bonds. The third-order valence-electron chi connectivity index (χ3n) is 3.30. The fourth-order valence-corrected chi connectivity index (χ4v) is 2.28. The average molecular weight is 244 g/mol. The van der Waals surface area contributed by atoms with Gasteiger partial charge in [-0.05, 0) is 38.5 Å². The Kier molecular flexibility index (Phi) is 5.79. The average Bonchev–Trinajstić information content (AvgIpc) is 2.77. The minimum absolute atomic E-state index is 0.151. The number of unbranched alkanes of at least 4 members (excludes halogenated alkanes) is 1. The van der Waals surface area contributed by atoms with Crippen LogP contribution in [-0.4, -0.2) is 18.8 Å². The second kappa shape index (κ2) is 7.12. The number of likely N-dealkylation sites (N-methyl/N-ethyl adjacent to an activating group) is 1. The van der Waals surface area contributed by atoms with Crippen molar-refractivity contribution in [3.05, 3.63) is 48.2 Å². The maximum Gasteiger partial charge on any atom is 0.0772 e. The Hall–Kier alpha value is -1.41. The molecule has 98 valence electrons. The van der Waals surface area contributed by atoms with Gasteiger partial charge in [-0.3, -0.25) is 4.99 Å². The van der Waals surface area contributed by atoms with Crippen molar-refractivity contribution in [2.45, 2.75) is 39.2 Å². The van der Waals surface area contributed by atoms with Crippen LogP contribution in [0.4, 0.5) is 0 Å². The van der Waals surface area contributed by atoms with Gasteiger partial charge >= 0.3 is 0 Å². The van der Waals surface area contributed by atoms with E-state index in [0.29, 0.717) is 0 Å². The monoisotopic (exact) mass is 244 g/mol. The zero-order valence-electron chi connectivity index (χ0n) is 11.8. The molecule has 2 nitrogen and oxygen atoms in total. The van der Waals surface area contributed by atoms with Gasteiger partial charge in [0.05, 0.1) is 17.5 Å². The molecule has 1 aliphatic rings. The molecule has 1 rings (SSSR count). The van der Waals surface area contributed by atoms with E-state index >= 15 is 0 Å². The molecular weight excluding hydrogens is 220 g/mol. The topological polar surface area (TPSA) is 24.4 Å². The van der Waals surface area contributed by atoms with Crippen LogP contribution in [0.3, 0.4) is 0 Å². The highest BCUT2D eigenvalue weighted by Crippen LogP contribution is 2.27. The van der Waals surface area contributed by atoms with Gasteiger partial charge in [-0.15, -0.1) is 0 Å². The molecule has 1 atom stereocenters. The molecule has 0 fully saturated rings. The summed E-state index contributed by atoms with van der Waals surface area (Å²) in [5.41, 5.74) is 4.51. The predicted octanol–water partition coefficient (Wildman–Crippen LogP) is 3.79. The van der Waals surface area contributed by atoms with E-state index in [1.165, 1.54) is 18.4 Å². The second-order valence-corrected chi connectivity index (χ2v) is 4.39. The van der Waals surface area contributed by atoms with E-state index in [4.69, 9.17) is 4.99 Å². The van der Waals surface area contributed by atoms with Crippen molar-refractivity contribution in [2.24, 2.45) is 4.99 Å². The molecule has 0 saturated heterocycles. The van der Waals surface area contributed by atoms with Gasteiger partial charge in [-0.25, -0.2) is 0 Å². The number of nitrogens with one attached hydrogen (secondary N) is 1. The van der Waals surface area contributed by atoms with E-state index in [0.717, 1.165) is 23.4 Å². The van der Waals surface area contributed by atoms with Crippen LogP contribution in [0.5, 0.6) is 0 Å². The molecule has 0 spiro atoms. The van der Waals surface area contributed by atoms with Crippen LogP contribution in [-0.2, 0) is 0 Å². The van der Waals surface area contributed by atoms with Crippen LogP contribution in [0.1, 0.15) is 33.1 Å². The smallest absolute Gasteiger partial charge is 0.0772 e. The van der Waals surface area contributed by atoms with Crippen molar-refractivity contribution in [1.82, 2.24) is 5.32 Å². The third kappa shape index (κ3) is 2.88. The highest BCUT2D eigenvalue weighted by molar-refractivity contribution is 6.08. The van der Waals surface area contributed by atoms with Gasteiger partial charge in [-0.2, -0.15) is 0 Å². The Morgan fingerprint density at radius 2 is 2.11 bits per heavy atom. The molecule has 1 aliphatic heterocycles. The standard InChI is InChI=1S/C16H24N2/c1-6-10-11-12(7-2)15-16(17-5)13(8-3)14(9-4)18-15/h7-9,16-17H,3-4,6,10-11H2,1-2,5H3/b12-7+. The summed E-state index contributed by atoms with van der Waals surface area (Å²) in [6.45, 7) is 12.0. The zero-order valence-corrected chi connectivity index (χ0v) is 11.8. The summed E-state index contributed by atoms with van der Waals surface area (Å²) in [4.78, 5) is 4.71. The lowest BCUT2D eigenvalue weighted by atomic mass is 9.95. The summed E-state index contributed by atoms with van der Waals surface area (Å²) < 4.78 is 0. The van der Waals surface area contributed by atoms with Gasteiger partial charge in [-0.1, -0.05) is 38.7 Å². The molecule has 1 unspecified atom stereocenters. The molecule has 0 saturated carbocycles. The minimum atomic E-state index is 0.151. The molecule has 18 heavy (non-hydrogen) atoms. The van der Waals surface area contributed by atoms with Gasteiger partial charge in [0.2, 0.25) is 0 Å². The summed E-state index contributed by atoms with van der Waals surface area (Å²) in [7, 11) is 1.96. The zero-order chi connectivity index (χ0) is 13.5. The van der Waals surface area contributed by atoms with Crippen molar-refractivity contribution < 1.29 is 0 Å². The summed E-state index contributed by atoms with van der Waals surface area (Å²) in [6.07, 6.45) is 9.33. The fraction of sp³-hybridized carbons (Fsp3) is 0.438. The van der Waals surface area contributed by atoms with E-state index in [9.17, 15) is 0 Å². The quantitative estimate of drug-likeness (QED) is 0.724. The first kappa shape index (κ1) is 14.7. The minimum Gasteiger partial charge on any atom is -0.308 e. The summed E-state index contributed by atoms with van der Waals surface area (Å²) in [6, 6.07) is 0.151. The highest BCUT2D eigenvalue weighted by Gasteiger charge is 2.27. The molecule has 0 aromatic rings. The van der Waals surface area contributed by atoms with Crippen LogP contribution < -0.4 is 5.32 Å². The number of hydrogen-bond acceptors (Lipinski definition) is 2. The van der Waals surface area contributed by atoms with E-state index in [1.54, 1.807) is 6.08 Å². The first-order chi connectivity index (χ1) is 8.73. The Balaban J connectivity index is 3.04. The SMILES string of the molecule is C=CC1=C(C=C)C(NC)C(/C(=C/C)CCCC)=N1. The van der Waals surface area contributed by atoms with E-state index in [-0.39, 0.29) is 6.04 Å². The number of hydrogen-bond donors (Lipinski definition) is 1. The highest BCUT2D eigenvalue weighted by atomic mass is 15.0. The third-order valence-corrected chi connectivity index (χ3v) is 3.30. The molecule has 0 aliphatic carbocycles. The Bertz CT molecular complexity index is 411. The van der Waals surface area contributed by atoms with Gasteiger partial charge in [0.25, 0.3) is 0 Å². The van der Waals surface area contributed by atoms with Crippen molar-refractivity contribution in [3.63, 3.8) is 0 Å². The van der Waals surface area contributed by atoms with E-state index < -0.39 is 0 Å². The molecule has 2 heteroatoms. The second-order valence-electron chi connectivity index (χ2n) is 4.39. The Morgan fingerprint density at radius 1 is 1.39 bits per heavy atom. The van der Waals surface area contributed by atoms with Gasteiger partial charge in [0.15, 0.2) is 0 Å². The number of aliphatic imine (C=N–C) groups is 1. The summed E-state index contributed by atoms with van der Waals surface area (Å²) in [5.74, 6) is 0. The van der Waals surface area contributed by atoms with Crippen molar-refractivity contribution >= 4 is 5.71 Å². The number of allylic oxidation sites excluding steroid dienone is 2.